The number of benzene rings is 1. The molecule has 2 rings (SSSR count). The molecule has 2 atom stereocenters. The zero-order valence-corrected chi connectivity index (χ0v) is 9.41. The summed E-state index contributed by atoms with van der Waals surface area (Å²) in [6, 6.07) is 6.38. The number of nitrogens with one attached hydrogen (secondary N) is 1. The Morgan fingerprint density at radius 2 is 2.27 bits per heavy atom. The topological polar surface area (TPSA) is 30.5 Å². The van der Waals surface area contributed by atoms with Crippen LogP contribution in [0.3, 0.4) is 0 Å². The van der Waals surface area contributed by atoms with Crippen LogP contribution in [0, 0.1) is 5.92 Å². The molecular formula is C12H17NO2. The molecule has 82 valence electrons. The maximum Gasteiger partial charge on any atom is 0.127 e. The molecule has 1 aliphatic heterocycles. The largest absolute Gasteiger partial charge is 0.497 e. The van der Waals surface area contributed by atoms with Gasteiger partial charge >= 0.3 is 0 Å². The predicted octanol–water partition coefficient (Wildman–Crippen LogP) is 1.98. The normalized spacial score (nSPS) is 24.2. The highest BCUT2D eigenvalue weighted by molar-refractivity contribution is 5.43. The summed E-state index contributed by atoms with van der Waals surface area (Å²) < 4.78 is 10.9. The van der Waals surface area contributed by atoms with Gasteiger partial charge in [0, 0.05) is 23.6 Å². The molecule has 0 saturated heterocycles. The van der Waals surface area contributed by atoms with Gasteiger partial charge in [-0.15, -0.1) is 0 Å². The molecule has 3 nitrogen and oxygen atoms in total. The van der Waals surface area contributed by atoms with E-state index in [2.05, 4.69) is 18.3 Å². The van der Waals surface area contributed by atoms with Gasteiger partial charge < -0.3 is 14.8 Å². The molecule has 0 amide bonds. The van der Waals surface area contributed by atoms with Gasteiger partial charge in [0.05, 0.1) is 13.7 Å². The van der Waals surface area contributed by atoms with Crippen molar-refractivity contribution in [1.82, 2.24) is 5.32 Å². The predicted molar refractivity (Wildman–Crippen MR) is 59.5 cm³/mol. The van der Waals surface area contributed by atoms with Crippen LogP contribution in [0.15, 0.2) is 18.2 Å². The fourth-order valence-corrected chi connectivity index (χ4v) is 2.09. The Morgan fingerprint density at radius 1 is 1.47 bits per heavy atom. The molecule has 1 aromatic carbocycles. The summed E-state index contributed by atoms with van der Waals surface area (Å²) in [7, 11) is 3.66. The van der Waals surface area contributed by atoms with Crippen molar-refractivity contribution in [2.45, 2.75) is 13.0 Å². The quantitative estimate of drug-likeness (QED) is 0.804. The number of ether oxygens (including phenoxy) is 2. The molecule has 1 aromatic rings. The average Bonchev–Trinajstić information content (AvgIpc) is 2.28. The number of hydrogen-bond donors (Lipinski definition) is 1. The lowest BCUT2D eigenvalue weighted by Crippen LogP contribution is -2.31. The van der Waals surface area contributed by atoms with Crippen LogP contribution in [-0.2, 0) is 0 Å². The summed E-state index contributed by atoms with van der Waals surface area (Å²) in [6.07, 6.45) is 0. The molecule has 0 radical (unpaired) electrons. The first kappa shape index (κ1) is 10.3. The Balaban J connectivity index is 2.38. The second-order valence-corrected chi connectivity index (χ2v) is 3.96. The van der Waals surface area contributed by atoms with E-state index in [1.165, 1.54) is 5.56 Å². The van der Waals surface area contributed by atoms with Crippen LogP contribution in [0.2, 0.25) is 0 Å². The fourth-order valence-electron chi connectivity index (χ4n) is 2.09. The van der Waals surface area contributed by atoms with E-state index in [9.17, 15) is 0 Å². The first-order chi connectivity index (χ1) is 7.26. The minimum Gasteiger partial charge on any atom is -0.497 e. The van der Waals surface area contributed by atoms with Crippen LogP contribution in [0.5, 0.6) is 11.5 Å². The number of rotatable bonds is 2. The van der Waals surface area contributed by atoms with E-state index in [1.807, 2.05) is 19.2 Å². The lowest BCUT2D eigenvalue weighted by Gasteiger charge is -2.31. The Bertz CT molecular complexity index is 351. The molecular weight excluding hydrogens is 190 g/mol. The van der Waals surface area contributed by atoms with E-state index in [0.29, 0.717) is 12.0 Å². The Kier molecular flexibility index (Phi) is 2.82. The monoisotopic (exact) mass is 207 g/mol. The van der Waals surface area contributed by atoms with Crippen molar-refractivity contribution in [1.29, 1.82) is 0 Å². The lowest BCUT2D eigenvalue weighted by atomic mass is 9.92. The SMILES string of the molecule is CNC1c2ccc(OC)cc2OCC1C. The molecule has 0 bridgehead atoms. The summed E-state index contributed by atoms with van der Waals surface area (Å²) in [6.45, 7) is 2.94. The Hall–Kier alpha value is -1.22. The minimum absolute atomic E-state index is 0.375. The number of methoxy groups -OCH3 is 1. The maximum atomic E-state index is 5.69. The van der Waals surface area contributed by atoms with Gasteiger partial charge in [0.25, 0.3) is 0 Å². The lowest BCUT2D eigenvalue weighted by molar-refractivity contribution is 0.192. The summed E-state index contributed by atoms with van der Waals surface area (Å²) in [5, 5.41) is 3.33. The molecule has 1 aliphatic rings. The van der Waals surface area contributed by atoms with Crippen molar-refractivity contribution in [3.63, 3.8) is 0 Å². The van der Waals surface area contributed by atoms with E-state index in [-0.39, 0.29) is 0 Å². The van der Waals surface area contributed by atoms with Gasteiger partial charge in [-0.05, 0) is 13.1 Å². The molecule has 15 heavy (non-hydrogen) atoms. The molecule has 2 unspecified atom stereocenters. The second kappa shape index (κ2) is 4.11. The highest BCUT2D eigenvalue weighted by atomic mass is 16.5. The summed E-state index contributed by atoms with van der Waals surface area (Å²) in [5.74, 6) is 2.28. The molecule has 1 heterocycles. The molecule has 0 spiro atoms. The third-order valence-corrected chi connectivity index (χ3v) is 2.94. The highest BCUT2D eigenvalue weighted by Gasteiger charge is 2.26. The minimum atomic E-state index is 0.375. The number of hydrogen-bond acceptors (Lipinski definition) is 3. The molecule has 0 fully saturated rings. The van der Waals surface area contributed by atoms with Crippen LogP contribution < -0.4 is 14.8 Å². The summed E-state index contributed by atoms with van der Waals surface area (Å²) in [5.41, 5.74) is 1.22. The van der Waals surface area contributed by atoms with E-state index < -0.39 is 0 Å². The van der Waals surface area contributed by atoms with Gasteiger partial charge in [-0.3, -0.25) is 0 Å². The van der Waals surface area contributed by atoms with Gasteiger partial charge in [0.1, 0.15) is 11.5 Å². The van der Waals surface area contributed by atoms with E-state index >= 15 is 0 Å². The first-order valence-corrected chi connectivity index (χ1v) is 5.24. The zero-order chi connectivity index (χ0) is 10.8. The standard InChI is InChI=1S/C12H17NO2/c1-8-7-15-11-6-9(14-3)4-5-10(11)12(8)13-2/h4-6,8,12-13H,7H2,1-3H3. The third kappa shape index (κ3) is 1.79. The van der Waals surface area contributed by atoms with Gasteiger partial charge in [-0.25, -0.2) is 0 Å². The molecule has 0 aromatic heterocycles. The van der Waals surface area contributed by atoms with Crippen molar-refractivity contribution in [2.24, 2.45) is 5.92 Å². The average molecular weight is 207 g/mol. The van der Waals surface area contributed by atoms with Gasteiger partial charge in [-0.1, -0.05) is 13.0 Å². The number of fused-ring (bicyclic) bond motifs is 1. The van der Waals surface area contributed by atoms with Crippen molar-refractivity contribution in [2.75, 3.05) is 20.8 Å². The van der Waals surface area contributed by atoms with Crippen molar-refractivity contribution in [3.8, 4) is 11.5 Å². The van der Waals surface area contributed by atoms with Crippen molar-refractivity contribution >= 4 is 0 Å². The molecule has 3 heteroatoms. The van der Waals surface area contributed by atoms with Crippen LogP contribution in [0.1, 0.15) is 18.5 Å². The van der Waals surface area contributed by atoms with Crippen molar-refractivity contribution in [3.05, 3.63) is 23.8 Å². The Labute approximate surface area is 90.4 Å². The van der Waals surface area contributed by atoms with E-state index in [0.717, 1.165) is 18.1 Å². The van der Waals surface area contributed by atoms with E-state index in [1.54, 1.807) is 7.11 Å². The van der Waals surface area contributed by atoms with Crippen LogP contribution in [0.25, 0.3) is 0 Å². The second-order valence-electron chi connectivity index (χ2n) is 3.96. The van der Waals surface area contributed by atoms with Crippen molar-refractivity contribution < 1.29 is 9.47 Å². The van der Waals surface area contributed by atoms with Crippen LogP contribution in [0.4, 0.5) is 0 Å². The van der Waals surface area contributed by atoms with E-state index in [4.69, 9.17) is 9.47 Å². The molecule has 0 aliphatic carbocycles. The molecule has 1 N–H and O–H groups in total. The van der Waals surface area contributed by atoms with Gasteiger partial charge in [0.2, 0.25) is 0 Å². The Morgan fingerprint density at radius 3 is 2.93 bits per heavy atom. The van der Waals surface area contributed by atoms with Crippen LogP contribution >= 0.6 is 0 Å². The maximum absolute atomic E-state index is 5.69. The summed E-state index contributed by atoms with van der Waals surface area (Å²) >= 11 is 0. The van der Waals surface area contributed by atoms with Crippen LogP contribution in [-0.4, -0.2) is 20.8 Å². The van der Waals surface area contributed by atoms with Gasteiger partial charge in [-0.2, -0.15) is 0 Å². The fraction of sp³-hybridized carbons (Fsp3) is 0.500. The van der Waals surface area contributed by atoms with Gasteiger partial charge in [0.15, 0.2) is 0 Å². The highest BCUT2D eigenvalue weighted by Crippen LogP contribution is 2.37. The zero-order valence-electron chi connectivity index (χ0n) is 9.41. The smallest absolute Gasteiger partial charge is 0.127 e. The third-order valence-electron chi connectivity index (χ3n) is 2.94. The summed E-state index contributed by atoms with van der Waals surface area (Å²) in [4.78, 5) is 0. The first-order valence-electron chi connectivity index (χ1n) is 5.24. The molecule has 0 saturated carbocycles.